The lowest BCUT2D eigenvalue weighted by atomic mass is 9.80. The molecule has 5 aromatic rings. The molecule has 3 aromatic carbocycles. The van der Waals surface area contributed by atoms with Crippen molar-refractivity contribution in [3.05, 3.63) is 108 Å². The Balaban J connectivity index is 1.46. The maximum atomic E-state index is 10.3. The van der Waals surface area contributed by atoms with Gasteiger partial charge in [0.1, 0.15) is 24.2 Å². The van der Waals surface area contributed by atoms with Crippen molar-refractivity contribution in [3.63, 3.8) is 0 Å². The normalized spacial score (nSPS) is 12.3. The minimum Gasteiger partial charge on any atom is -0.497 e. The van der Waals surface area contributed by atoms with Crippen LogP contribution in [-0.4, -0.2) is 65.1 Å². The summed E-state index contributed by atoms with van der Waals surface area (Å²) in [4.78, 5) is 13.4. The van der Waals surface area contributed by atoms with Crippen LogP contribution in [0.1, 0.15) is 16.7 Å². The van der Waals surface area contributed by atoms with Crippen LogP contribution in [0.4, 0.5) is 11.8 Å². The van der Waals surface area contributed by atoms with E-state index in [4.69, 9.17) is 14.2 Å². The molecule has 212 valence electrons. The summed E-state index contributed by atoms with van der Waals surface area (Å²) in [6.07, 6.45) is 1.01. The number of hydrogen-bond acceptors (Lipinski definition) is 9. The van der Waals surface area contributed by atoms with Gasteiger partial charge < -0.3 is 30.0 Å². The van der Waals surface area contributed by atoms with Crippen molar-refractivity contribution in [2.24, 2.45) is 0 Å². The summed E-state index contributed by atoms with van der Waals surface area (Å²) in [5.41, 5.74) is 3.08. The Hall–Kier alpha value is -4.51. The molecule has 3 N–H and O–H groups in total. The molecule has 0 spiro atoms. The summed E-state index contributed by atoms with van der Waals surface area (Å²) < 4.78 is 20.2. The average molecular weight is 555 g/mol. The molecule has 2 aromatic heterocycles. The second kappa shape index (κ2) is 12.8. The molecular weight excluding hydrogens is 520 g/mol. The van der Waals surface area contributed by atoms with Gasteiger partial charge in [-0.1, -0.05) is 72.8 Å². The molecule has 41 heavy (non-hydrogen) atoms. The number of methoxy groups -OCH3 is 1. The predicted molar refractivity (Wildman–Crippen MR) is 158 cm³/mol. The van der Waals surface area contributed by atoms with E-state index in [1.807, 2.05) is 84.9 Å². The molecule has 1 atom stereocenters. The largest absolute Gasteiger partial charge is 0.497 e. The first kappa shape index (κ1) is 28.0. The van der Waals surface area contributed by atoms with E-state index >= 15 is 0 Å². The number of nitrogens with one attached hydrogen (secondary N) is 2. The van der Waals surface area contributed by atoms with E-state index in [9.17, 15) is 5.11 Å². The third kappa shape index (κ3) is 5.71. The fourth-order valence-corrected chi connectivity index (χ4v) is 4.80. The monoisotopic (exact) mass is 554 g/mol. The Morgan fingerprint density at radius 1 is 0.854 bits per heavy atom. The lowest BCUT2D eigenvalue weighted by Crippen LogP contribution is -2.37. The fraction of sp³-hybridized carbons (Fsp3) is 0.258. The molecule has 2 heterocycles. The van der Waals surface area contributed by atoms with Gasteiger partial charge in [0.15, 0.2) is 17.0 Å². The topological polar surface area (TPSA) is 116 Å². The van der Waals surface area contributed by atoms with Crippen molar-refractivity contribution in [2.45, 2.75) is 18.4 Å². The SMILES string of the molecule is CNc1nc(NC)c2ncn(COC(CO)COC(c3ccccc3)(c3ccccc3)c3ccc(OC)cc3)c2n1. The number of benzene rings is 3. The average Bonchev–Trinajstić information content (AvgIpc) is 3.46. The van der Waals surface area contributed by atoms with Crippen LogP contribution < -0.4 is 15.4 Å². The molecule has 10 nitrogen and oxygen atoms in total. The van der Waals surface area contributed by atoms with E-state index in [0.717, 1.165) is 22.4 Å². The first-order valence-corrected chi connectivity index (χ1v) is 13.3. The minimum absolute atomic E-state index is 0.109. The van der Waals surface area contributed by atoms with Crippen LogP contribution in [0, 0.1) is 0 Å². The summed E-state index contributed by atoms with van der Waals surface area (Å²) in [7, 11) is 5.18. The lowest BCUT2D eigenvalue weighted by molar-refractivity contribution is -0.0970. The van der Waals surface area contributed by atoms with Gasteiger partial charge in [-0.25, -0.2) is 4.98 Å². The van der Waals surface area contributed by atoms with Crippen molar-refractivity contribution < 1.29 is 19.3 Å². The standard InChI is InChI=1S/C31H34N6O4/c1-32-28-27-29(36-30(33-2)35-28)37(20-34-27)21-40-26(18-38)19-41-31(22-10-6-4-7-11-22,23-12-8-5-9-13-23)24-14-16-25(39-3)17-15-24/h4-17,20,26,38H,18-19,21H2,1-3H3,(H2,32,33,35,36). The number of rotatable bonds is 13. The molecule has 1 unspecified atom stereocenters. The van der Waals surface area contributed by atoms with Gasteiger partial charge in [-0.15, -0.1) is 0 Å². The predicted octanol–water partition coefficient (Wildman–Crippen LogP) is 4.26. The summed E-state index contributed by atoms with van der Waals surface area (Å²) in [5.74, 6) is 1.82. The second-order valence-electron chi connectivity index (χ2n) is 9.34. The van der Waals surface area contributed by atoms with Crippen LogP contribution in [0.3, 0.4) is 0 Å². The molecule has 0 saturated heterocycles. The molecule has 0 amide bonds. The van der Waals surface area contributed by atoms with E-state index in [2.05, 4.69) is 25.6 Å². The highest BCUT2D eigenvalue weighted by Crippen LogP contribution is 2.41. The fourth-order valence-electron chi connectivity index (χ4n) is 4.80. The molecule has 0 aliphatic heterocycles. The highest BCUT2D eigenvalue weighted by molar-refractivity contribution is 5.84. The number of aromatic nitrogens is 4. The first-order valence-electron chi connectivity index (χ1n) is 13.3. The first-order chi connectivity index (χ1) is 20.1. The molecule has 10 heteroatoms. The smallest absolute Gasteiger partial charge is 0.226 e. The van der Waals surface area contributed by atoms with Crippen LogP contribution in [0.2, 0.25) is 0 Å². The van der Waals surface area contributed by atoms with Gasteiger partial charge in [-0.3, -0.25) is 4.57 Å². The third-order valence-electron chi connectivity index (χ3n) is 6.92. The van der Waals surface area contributed by atoms with Crippen LogP contribution in [0.5, 0.6) is 5.75 Å². The zero-order valence-electron chi connectivity index (χ0n) is 23.3. The summed E-state index contributed by atoms with van der Waals surface area (Å²) in [6.45, 7) is -0.0223. The van der Waals surface area contributed by atoms with Crippen LogP contribution >= 0.6 is 0 Å². The van der Waals surface area contributed by atoms with E-state index in [-0.39, 0.29) is 19.9 Å². The molecule has 0 radical (unpaired) electrons. The van der Waals surface area contributed by atoms with Gasteiger partial charge >= 0.3 is 0 Å². The van der Waals surface area contributed by atoms with E-state index < -0.39 is 11.7 Å². The zero-order chi connectivity index (χ0) is 28.7. The number of aliphatic hydroxyl groups excluding tert-OH is 1. The van der Waals surface area contributed by atoms with Crippen molar-refractivity contribution in [3.8, 4) is 5.75 Å². The minimum atomic E-state index is -0.968. The van der Waals surface area contributed by atoms with Crippen molar-refractivity contribution in [1.82, 2.24) is 19.5 Å². The molecular formula is C31H34N6O4. The van der Waals surface area contributed by atoms with Crippen molar-refractivity contribution in [1.29, 1.82) is 0 Å². The Morgan fingerprint density at radius 3 is 2.05 bits per heavy atom. The van der Waals surface area contributed by atoms with Crippen molar-refractivity contribution in [2.75, 3.05) is 45.1 Å². The van der Waals surface area contributed by atoms with Crippen LogP contribution in [0.15, 0.2) is 91.3 Å². The summed E-state index contributed by atoms with van der Waals surface area (Å²) in [6, 6.07) is 27.9. The number of anilines is 2. The van der Waals surface area contributed by atoms with E-state index in [0.29, 0.717) is 22.9 Å². The van der Waals surface area contributed by atoms with Gasteiger partial charge in [-0.05, 0) is 28.8 Å². The second-order valence-corrected chi connectivity index (χ2v) is 9.34. The quantitative estimate of drug-likeness (QED) is 0.184. The molecule has 5 rings (SSSR count). The highest BCUT2D eigenvalue weighted by atomic mass is 16.6. The number of hydrogen-bond donors (Lipinski definition) is 3. The lowest BCUT2D eigenvalue weighted by Gasteiger charge is -2.37. The van der Waals surface area contributed by atoms with E-state index in [1.165, 1.54) is 0 Å². The van der Waals surface area contributed by atoms with Gasteiger partial charge in [0, 0.05) is 14.1 Å². The summed E-state index contributed by atoms with van der Waals surface area (Å²) in [5, 5.41) is 16.3. The molecule has 0 fully saturated rings. The summed E-state index contributed by atoms with van der Waals surface area (Å²) >= 11 is 0. The third-order valence-corrected chi connectivity index (χ3v) is 6.92. The number of imidazole rings is 1. The number of fused-ring (bicyclic) bond motifs is 1. The molecule has 0 aliphatic carbocycles. The highest BCUT2D eigenvalue weighted by Gasteiger charge is 2.38. The van der Waals surface area contributed by atoms with Gasteiger partial charge in [0.25, 0.3) is 0 Å². The Labute approximate surface area is 239 Å². The maximum absolute atomic E-state index is 10.3. The zero-order valence-corrected chi connectivity index (χ0v) is 23.3. The Morgan fingerprint density at radius 2 is 1.49 bits per heavy atom. The number of nitrogens with zero attached hydrogens (tertiary/aromatic N) is 4. The van der Waals surface area contributed by atoms with Crippen LogP contribution in [-0.2, 0) is 21.8 Å². The maximum Gasteiger partial charge on any atom is 0.226 e. The number of aliphatic hydroxyl groups is 1. The van der Waals surface area contributed by atoms with Crippen molar-refractivity contribution >= 4 is 22.9 Å². The van der Waals surface area contributed by atoms with E-state index in [1.54, 1.807) is 32.1 Å². The van der Waals surface area contributed by atoms with Gasteiger partial charge in [0.2, 0.25) is 5.95 Å². The van der Waals surface area contributed by atoms with Gasteiger partial charge in [-0.2, -0.15) is 9.97 Å². The van der Waals surface area contributed by atoms with Crippen LogP contribution in [0.25, 0.3) is 11.2 Å². The Kier molecular flexibility index (Phi) is 8.73. The molecule has 0 aliphatic rings. The molecule has 0 saturated carbocycles. The Bertz CT molecular complexity index is 1500. The van der Waals surface area contributed by atoms with Gasteiger partial charge in [0.05, 0.1) is 26.7 Å². The molecule has 0 bridgehead atoms. The number of ether oxygens (including phenoxy) is 3.